The topological polar surface area (TPSA) is 73.9 Å². The molecule has 0 unspecified atom stereocenters. The largest absolute Gasteiger partial charge is 0.497 e. The Morgan fingerprint density at radius 3 is 1.90 bits per heavy atom. The van der Waals surface area contributed by atoms with Crippen LogP contribution in [-0.2, 0) is 33.9 Å². The first-order chi connectivity index (χ1) is 15.1. The number of esters is 1. The van der Waals surface area contributed by atoms with Crippen LogP contribution in [0.4, 0.5) is 4.79 Å². The van der Waals surface area contributed by atoms with Gasteiger partial charge in [0, 0.05) is 6.42 Å². The van der Waals surface area contributed by atoms with Gasteiger partial charge in [-0.3, -0.25) is 0 Å². The van der Waals surface area contributed by atoms with E-state index in [1.54, 1.807) is 19.2 Å². The van der Waals surface area contributed by atoms with Crippen LogP contribution in [0.2, 0.25) is 0 Å². The number of hydrogen-bond acceptors (Lipinski definition) is 5. The van der Waals surface area contributed by atoms with Gasteiger partial charge in [0.05, 0.1) is 7.11 Å². The zero-order chi connectivity index (χ0) is 21.9. The number of alkyl carbamates (subject to hydrolysis) is 1. The van der Waals surface area contributed by atoms with Crippen molar-refractivity contribution in [2.75, 3.05) is 7.11 Å². The van der Waals surface area contributed by atoms with Crippen molar-refractivity contribution in [2.24, 2.45) is 0 Å². The maximum Gasteiger partial charge on any atom is 0.408 e. The van der Waals surface area contributed by atoms with Crippen molar-refractivity contribution in [3.05, 3.63) is 102 Å². The van der Waals surface area contributed by atoms with Gasteiger partial charge >= 0.3 is 12.1 Å². The van der Waals surface area contributed by atoms with E-state index >= 15 is 0 Å². The maximum atomic E-state index is 12.7. The van der Waals surface area contributed by atoms with Gasteiger partial charge in [0.15, 0.2) is 0 Å². The zero-order valence-corrected chi connectivity index (χ0v) is 17.3. The lowest BCUT2D eigenvalue weighted by Crippen LogP contribution is -2.43. The van der Waals surface area contributed by atoms with E-state index in [4.69, 9.17) is 14.2 Å². The fourth-order valence-corrected chi connectivity index (χ4v) is 2.93. The van der Waals surface area contributed by atoms with Crippen molar-refractivity contribution in [2.45, 2.75) is 25.7 Å². The predicted octanol–water partition coefficient (Wildman–Crippen LogP) is 4.28. The second-order valence-corrected chi connectivity index (χ2v) is 6.90. The van der Waals surface area contributed by atoms with Gasteiger partial charge in [-0.25, -0.2) is 9.59 Å². The van der Waals surface area contributed by atoms with Crippen molar-refractivity contribution in [3.63, 3.8) is 0 Å². The molecule has 6 nitrogen and oxygen atoms in total. The first kappa shape index (κ1) is 21.9. The number of rotatable bonds is 9. The van der Waals surface area contributed by atoms with Crippen LogP contribution in [0.1, 0.15) is 16.7 Å². The van der Waals surface area contributed by atoms with Crippen LogP contribution >= 0.6 is 0 Å². The van der Waals surface area contributed by atoms with Crippen LogP contribution in [0.25, 0.3) is 0 Å². The number of carbonyl (C=O) groups is 2. The van der Waals surface area contributed by atoms with E-state index in [0.717, 1.165) is 22.4 Å². The molecule has 0 aromatic heterocycles. The van der Waals surface area contributed by atoms with E-state index in [1.165, 1.54) is 0 Å². The monoisotopic (exact) mass is 419 g/mol. The lowest BCUT2D eigenvalue weighted by molar-refractivity contribution is -0.147. The summed E-state index contributed by atoms with van der Waals surface area (Å²) in [6.45, 7) is 0.209. The molecule has 31 heavy (non-hydrogen) atoms. The molecule has 0 heterocycles. The van der Waals surface area contributed by atoms with E-state index in [1.807, 2.05) is 72.8 Å². The summed E-state index contributed by atoms with van der Waals surface area (Å²) in [7, 11) is 1.59. The summed E-state index contributed by atoms with van der Waals surface area (Å²) in [6.07, 6.45) is -0.389. The molecular weight excluding hydrogens is 394 g/mol. The molecule has 1 N–H and O–H groups in total. The Morgan fingerprint density at radius 1 is 0.742 bits per heavy atom. The Hall–Kier alpha value is -3.80. The smallest absolute Gasteiger partial charge is 0.408 e. The molecule has 1 atom stereocenters. The predicted molar refractivity (Wildman–Crippen MR) is 116 cm³/mol. The number of ether oxygens (including phenoxy) is 3. The normalized spacial score (nSPS) is 11.3. The summed E-state index contributed by atoms with van der Waals surface area (Å²) >= 11 is 0. The van der Waals surface area contributed by atoms with Crippen molar-refractivity contribution in [3.8, 4) is 5.75 Å². The molecule has 0 fully saturated rings. The second kappa shape index (κ2) is 11.4. The fourth-order valence-electron chi connectivity index (χ4n) is 2.93. The molecule has 3 aromatic carbocycles. The number of benzene rings is 3. The van der Waals surface area contributed by atoms with Crippen LogP contribution < -0.4 is 10.1 Å². The number of amides is 1. The molecule has 0 aliphatic heterocycles. The Labute approximate surface area is 181 Å². The standard InChI is InChI=1S/C25H25NO5/c1-29-22-14-12-21(13-15-22)18-31-25(28)26-23(16-19-8-4-2-5-9-19)24(27)30-17-20-10-6-3-7-11-20/h2-15,23H,16-18H2,1H3,(H,26,28)/t23-/m0/s1. The molecular formula is C25H25NO5. The highest BCUT2D eigenvalue weighted by Gasteiger charge is 2.23. The minimum Gasteiger partial charge on any atom is -0.497 e. The van der Waals surface area contributed by atoms with Crippen LogP contribution in [0.15, 0.2) is 84.9 Å². The summed E-state index contributed by atoms with van der Waals surface area (Å²) in [5.74, 6) is 0.200. The van der Waals surface area contributed by atoms with E-state index in [-0.39, 0.29) is 13.2 Å². The highest BCUT2D eigenvalue weighted by atomic mass is 16.6. The SMILES string of the molecule is COc1ccc(COC(=O)N[C@@H](Cc2ccccc2)C(=O)OCc2ccccc2)cc1. The number of nitrogens with one attached hydrogen (secondary N) is 1. The van der Waals surface area contributed by atoms with Gasteiger partial charge in [-0.2, -0.15) is 0 Å². The molecule has 160 valence electrons. The molecule has 0 saturated carbocycles. The molecule has 1 amide bonds. The third kappa shape index (κ3) is 7.19. The highest BCUT2D eigenvalue weighted by Crippen LogP contribution is 2.12. The van der Waals surface area contributed by atoms with E-state index in [9.17, 15) is 9.59 Å². The van der Waals surface area contributed by atoms with Crippen molar-refractivity contribution in [1.82, 2.24) is 5.32 Å². The van der Waals surface area contributed by atoms with Gasteiger partial charge in [-0.1, -0.05) is 72.8 Å². The average molecular weight is 419 g/mol. The summed E-state index contributed by atoms with van der Waals surface area (Å²) in [6, 6.07) is 25.1. The maximum absolute atomic E-state index is 12.7. The molecule has 3 aromatic rings. The van der Waals surface area contributed by atoms with E-state index in [0.29, 0.717) is 6.42 Å². The first-order valence-corrected chi connectivity index (χ1v) is 9.95. The van der Waals surface area contributed by atoms with Gasteiger partial charge in [0.2, 0.25) is 0 Å². The zero-order valence-electron chi connectivity index (χ0n) is 17.3. The third-order valence-electron chi connectivity index (χ3n) is 4.61. The number of hydrogen-bond donors (Lipinski definition) is 1. The molecule has 0 spiro atoms. The van der Waals surface area contributed by atoms with Gasteiger partial charge in [-0.15, -0.1) is 0 Å². The molecule has 0 bridgehead atoms. The third-order valence-corrected chi connectivity index (χ3v) is 4.61. The molecule has 0 aliphatic rings. The lowest BCUT2D eigenvalue weighted by Gasteiger charge is -2.18. The Kier molecular flexibility index (Phi) is 8.05. The molecule has 6 heteroatoms. The summed E-state index contributed by atoms with van der Waals surface area (Å²) in [5, 5.41) is 2.63. The Morgan fingerprint density at radius 2 is 1.29 bits per heavy atom. The minimum atomic E-state index is -0.866. The molecule has 0 saturated heterocycles. The lowest BCUT2D eigenvalue weighted by atomic mass is 10.1. The van der Waals surface area contributed by atoms with Crippen LogP contribution in [-0.4, -0.2) is 25.2 Å². The van der Waals surface area contributed by atoms with Crippen LogP contribution in [0, 0.1) is 0 Å². The van der Waals surface area contributed by atoms with Crippen molar-refractivity contribution < 1.29 is 23.8 Å². The van der Waals surface area contributed by atoms with Gasteiger partial charge < -0.3 is 19.5 Å². The molecule has 0 radical (unpaired) electrons. The summed E-state index contributed by atoms with van der Waals surface area (Å²) in [5.41, 5.74) is 2.58. The van der Waals surface area contributed by atoms with Gasteiger partial charge in [0.1, 0.15) is 25.0 Å². The summed E-state index contributed by atoms with van der Waals surface area (Å²) < 4.78 is 15.8. The van der Waals surface area contributed by atoms with Crippen LogP contribution in [0.3, 0.4) is 0 Å². The van der Waals surface area contributed by atoms with Crippen molar-refractivity contribution >= 4 is 12.1 Å². The molecule has 3 rings (SSSR count). The Bertz CT molecular complexity index is 958. The first-order valence-electron chi connectivity index (χ1n) is 9.95. The Balaban J connectivity index is 1.59. The summed E-state index contributed by atoms with van der Waals surface area (Å²) in [4.78, 5) is 25.0. The van der Waals surface area contributed by atoms with E-state index < -0.39 is 18.1 Å². The minimum absolute atomic E-state index is 0.0763. The fraction of sp³-hybridized carbons (Fsp3) is 0.200. The molecule has 0 aliphatic carbocycles. The van der Waals surface area contributed by atoms with Crippen LogP contribution in [0.5, 0.6) is 5.75 Å². The second-order valence-electron chi connectivity index (χ2n) is 6.90. The quantitative estimate of drug-likeness (QED) is 0.524. The van der Waals surface area contributed by atoms with Gasteiger partial charge in [-0.05, 0) is 28.8 Å². The van der Waals surface area contributed by atoms with Gasteiger partial charge in [0.25, 0.3) is 0 Å². The number of methoxy groups -OCH3 is 1. The van der Waals surface area contributed by atoms with E-state index in [2.05, 4.69) is 5.32 Å². The number of carbonyl (C=O) groups excluding carboxylic acids is 2. The average Bonchev–Trinajstić information content (AvgIpc) is 2.82. The highest BCUT2D eigenvalue weighted by molar-refractivity contribution is 5.81. The van der Waals surface area contributed by atoms with Crippen molar-refractivity contribution in [1.29, 1.82) is 0 Å².